The highest BCUT2D eigenvalue weighted by Crippen LogP contribution is 2.40. The molecule has 1 N–H and O–H groups in total. The van der Waals surface area contributed by atoms with Crippen LogP contribution in [0.4, 0.5) is 11.4 Å². The first kappa shape index (κ1) is 25.0. The Morgan fingerprint density at radius 1 is 1.06 bits per heavy atom. The van der Waals surface area contributed by atoms with Gasteiger partial charge >= 0.3 is 0 Å². The summed E-state index contributed by atoms with van der Waals surface area (Å²) < 4.78 is 0. The monoisotopic (exact) mass is 496 g/mol. The van der Waals surface area contributed by atoms with Gasteiger partial charge in [-0.25, -0.2) is 0 Å². The van der Waals surface area contributed by atoms with Gasteiger partial charge in [0.15, 0.2) is 0 Å². The van der Waals surface area contributed by atoms with Crippen LogP contribution in [-0.4, -0.2) is 61.4 Å². The molecule has 0 unspecified atom stereocenters. The fraction of sp³-hybridized carbons (Fsp3) is 0.444. The molecule has 1 fully saturated rings. The van der Waals surface area contributed by atoms with E-state index in [1.54, 1.807) is 15.9 Å². The summed E-state index contributed by atoms with van der Waals surface area (Å²) in [5, 5.41) is 3.61. The molecule has 2 aliphatic rings. The number of carbonyl (C=O) groups excluding carboxylic acids is 3. The van der Waals surface area contributed by atoms with Crippen molar-refractivity contribution in [3.8, 4) is 0 Å². The predicted molar refractivity (Wildman–Crippen MR) is 139 cm³/mol. The fourth-order valence-electron chi connectivity index (χ4n) is 4.94. The van der Waals surface area contributed by atoms with E-state index in [1.165, 1.54) is 0 Å². The molecule has 4 rings (SSSR count). The lowest BCUT2D eigenvalue weighted by atomic mass is 9.95. The molecule has 0 bridgehead atoms. The zero-order chi connectivity index (χ0) is 24.9. The van der Waals surface area contributed by atoms with Crippen LogP contribution in [-0.2, 0) is 16.0 Å². The molecule has 7 nitrogen and oxygen atoms in total. The molecule has 1 atom stereocenters. The van der Waals surface area contributed by atoms with E-state index in [4.69, 9.17) is 11.6 Å². The molecule has 2 aliphatic heterocycles. The highest BCUT2D eigenvalue weighted by atomic mass is 35.5. The number of fused-ring (bicyclic) bond motifs is 3. The van der Waals surface area contributed by atoms with E-state index in [-0.39, 0.29) is 30.3 Å². The molecule has 2 aromatic carbocycles. The van der Waals surface area contributed by atoms with Crippen LogP contribution in [0.5, 0.6) is 0 Å². The van der Waals surface area contributed by atoms with Crippen LogP contribution < -0.4 is 15.1 Å². The second-order valence-electron chi connectivity index (χ2n) is 9.04. The SMILES string of the molecule is CCN(CC)C(=O)c1ccc2c(c1)N(CC(=O)NCCc1ccc(Cl)cc1)C(=O)[C@H]1CCCCN21. The number of carbonyl (C=O) groups is 3. The standard InChI is InChI=1S/C27H33ClN4O3/c1-3-30(4-2)26(34)20-10-13-22-24(17-20)32(27(35)23-7-5-6-16-31(22)23)18-25(33)29-15-14-19-8-11-21(28)12-9-19/h8-13,17,23H,3-7,14-16,18H2,1-2H3,(H,29,33)/t23-/m1/s1. The molecule has 2 aromatic rings. The van der Waals surface area contributed by atoms with Gasteiger partial charge in [-0.3, -0.25) is 19.3 Å². The summed E-state index contributed by atoms with van der Waals surface area (Å²) in [5.41, 5.74) is 3.16. The lowest BCUT2D eigenvalue weighted by Crippen LogP contribution is -2.57. The maximum absolute atomic E-state index is 13.5. The Morgan fingerprint density at radius 3 is 2.51 bits per heavy atom. The molecule has 0 spiro atoms. The Balaban J connectivity index is 1.54. The van der Waals surface area contributed by atoms with Gasteiger partial charge in [-0.15, -0.1) is 0 Å². The largest absolute Gasteiger partial charge is 0.358 e. The molecule has 0 aromatic heterocycles. The van der Waals surface area contributed by atoms with Crippen molar-refractivity contribution in [3.05, 3.63) is 58.6 Å². The number of amides is 3. The van der Waals surface area contributed by atoms with Gasteiger partial charge in [0.05, 0.1) is 11.4 Å². The summed E-state index contributed by atoms with van der Waals surface area (Å²) in [7, 11) is 0. The number of nitrogens with zero attached hydrogens (tertiary/aromatic N) is 3. The molecule has 1 saturated heterocycles. The van der Waals surface area contributed by atoms with Crippen molar-refractivity contribution in [2.24, 2.45) is 0 Å². The van der Waals surface area contributed by atoms with Gasteiger partial charge in [0, 0.05) is 36.8 Å². The van der Waals surface area contributed by atoms with Crippen LogP contribution in [0.1, 0.15) is 49.0 Å². The van der Waals surface area contributed by atoms with Crippen molar-refractivity contribution in [1.82, 2.24) is 10.2 Å². The molecular formula is C27H33ClN4O3. The number of halogens is 1. The fourth-order valence-corrected chi connectivity index (χ4v) is 5.07. The summed E-state index contributed by atoms with van der Waals surface area (Å²) in [6, 6.07) is 12.8. The zero-order valence-electron chi connectivity index (χ0n) is 20.4. The number of benzene rings is 2. The quantitative estimate of drug-likeness (QED) is 0.602. The van der Waals surface area contributed by atoms with Crippen LogP contribution in [0.15, 0.2) is 42.5 Å². The first-order valence-electron chi connectivity index (χ1n) is 12.5. The topological polar surface area (TPSA) is 73.0 Å². The molecule has 0 saturated carbocycles. The summed E-state index contributed by atoms with van der Waals surface area (Å²) in [5.74, 6) is -0.362. The van der Waals surface area contributed by atoms with Gasteiger partial charge in [0.1, 0.15) is 12.6 Å². The Bertz CT molecular complexity index is 1080. The number of hydrogen-bond acceptors (Lipinski definition) is 4. The van der Waals surface area contributed by atoms with E-state index >= 15 is 0 Å². The minimum Gasteiger partial charge on any atom is -0.358 e. The molecule has 3 amide bonds. The highest BCUT2D eigenvalue weighted by Gasteiger charge is 2.40. The lowest BCUT2D eigenvalue weighted by Gasteiger charge is -2.45. The second kappa shape index (κ2) is 11.1. The molecule has 2 heterocycles. The number of nitrogens with one attached hydrogen (secondary N) is 1. The minimum absolute atomic E-state index is 0.0697. The van der Waals surface area contributed by atoms with Crippen molar-refractivity contribution in [3.63, 3.8) is 0 Å². The van der Waals surface area contributed by atoms with E-state index in [2.05, 4.69) is 10.2 Å². The Hall–Kier alpha value is -3.06. The van der Waals surface area contributed by atoms with Gasteiger partial charge in [0.25, 0.3) is 5.91 Å². The van der Waals surface area contributed by atoms with Crippen molar-refractivity contribution >= 4 is 40.7 Å². The predicted octanol–water partition coefficient (Wildman–Crippen LogP) is 3.89. The summed E-state index contributed by atoms with van der Waals surface area (Å²) in [4.78, 5) is 44.9. The van der Waals surface area contributed by atoms with Crippen molar-refractivity contribution in [2.45, 2.75) is 45.6 Å². The van der Waals surface area contributed by atoms with Gasteiger partial charge in [-0.05, 0) is 75.4 Å². The van der Waals surface area contributed by atoms with Crippen LogP contribution in [0.25, 0.3) is 0 Å². The zero-order valence-corrected chi connectivity index (χ0v) is 21.2. The molecule has 186 valence electrons. The Morgan fingerprint density at radius 2 is 1.80 bits per heavy atom. The summed E-state index contributed by atoms with van der Waals surface area (Å²) in [6.07, 6.45) is 3.45. The van der Waals surface area contributed by atoms with E-state index in [0.29, 0.717) is 42.3 Å². The molecule has 8 heteroatoms. The Labute approximate surface area is 212 Å². The maximum Gasteiger partial charge on any atom is 0.253 e. The molecular weight excluding hydrogens is 464 g/mol. The maximum atomic E-state index is 13.5. The van der Waals surface area contributed by atoms with Gasteiger partial charge in [-0.2, -0.15) is 0 Å². The van der Waals surface area contributed by atoms with E-state index in [1.807, 2.05) is 50.2 Å². The van der Waals surface area contributed by atoms with Crippen molar-refractivity contribution in [2.75, 3.05) is 42.5 Å². The third kappa shape index (κ3) is 5.45. The lowest BCUT2D eigenvalue weighted by molar-refractivity contribution is -0.124. The first-order chi connectivity index (χ1) is 16.9. The number of anilines is 2. The van der Waals surface area contributed by atoms with Gasteiger partial charge in [-0.1, -0.05) is 23.7 Å². The smallest absolute Gasteiger partial charge is 0.253 e. The number of rotatable bonds is 8. The molecule has 35 heavy (non-hydrogen) atoms. The third-order valence-electron chi connectivity index (χ3n) is 6.88. The number of hydrogen-bond donors (Lipinski definition) is 1. The molecule has 0 radical (unpaired) electrons. The minimum atomic E-state index is -0.262. The van der Waals surface area contributed by atoms with E-state index < -0.39 is 0 Å². The van der Waals surface area contributed by atoms with Crippen molar-refractivity contribution < 1.29 is 14.4 Å². The van der Waals surface area contributed by atoms with Crippen LogP contribution in [0, 0.1) is 0 Å². The molecule has 0 aliphatic carbocycles. The van der Waals surface area contributed by atoms with Gasteiger partial charge in [0.2, 0.25) is 11.8 Å². The first-order valence-corrected chi connectivity index (χ1v) is 12.8. The van der Waals surface area contributed by atoms with Crippen LogP contribution in [0.3, 0.4) is 0 Å². The van der Waals surface area contributed by atoms with Crippen LogP contribution in [0.2, 0.25) is 5.02 Å². The summed E-state index contributed by atoms with van der Waals surface area (Å²) in [6.45, 7) is 6.31. The van der Waals surface area contributed by atoms with E-state index in [9.17, 15) is 14.4 Å². The third-order valence-corrected chi connectivity index (χ3v) is 7.13. The van der Waals surface area contributed by atoms with Gasteiger partial charge < -0.3 is 15.1 Å². The Kier molecular flexibility index (Phi) is 7.96. The van der Waals surface area contributed by atoms with Crippen molar-refractivity contribution in [1.29, 1.82) is 0 Å². The average Bonchev–Trinajstić information content (AvgIpc) is 2.88. The second-order valence-corrected chi connectivity index (χ2v) is 9.47. The van der Waals surface area contributed by atoms with Crippen LogP contribution >= 0.6 is 11.6 Å². The normalized spacial score (nSPS) is 17.0. The van der Waals surface area contributed by atoms with E-state index in [0.717, 1.165) is 37.1 Å². The number of piperidine rings is 1. The average molecular weight is 497 g/mol. The summed E-state index contributed by atoms with van der Waals surface area (Å²) >= 11 is 5.94. The highest BCUT2D eigenvalue weighted by molar-refractivity contribution is 6.30.